The van der Waals surface area contributed by atoms with Gasteiger partial charge in [-0.15, -0.1) is 6.42 Å². The second kappa shape index (κ2) is 6.97. The molecule has 0 saturated heterocycles. The average molecular weight is 340 g/mol. The smallest absolute Gasteiger partial charge is 0.269 e. The maximum Gasteiger partial charge on any atom is 0.269 e. The number of nitrogens with one attached hydrogen (secondary N) is 2. The number of rotatable bonds is 5. The number of fused-ring (bicyclic) bond motifs is 1. The molecule has 0 fully saturated rings. The van der Waals surface area contributed by atoms with Crippen molar-refractivity contribution in [1.82, 2.24) is 30.0 Å². The summed E-state index contributed by atoms with van der Waals surface area (Å²) < 4.78 is 1.30. The molecule has 0 spiro atoms. The van der Waals surface area contributed by atoms with E-state index < -0.39 is 0 Å². The fourth-order valence-corrected chi connectivity index (χ4v) is 2.86. The molecule has 0 saturated carbocycles. The van der Waals surface area contributed by atoms with Crippen molar-refractivity contribution in [1.29, 1.82) is 0 Å². The second-order valence-electron chi connectivity index (χ2n) is 4.63. The van der Waals surface area contributed by atoms with Gasteiger partial charge in [-0.1, -0.05) is 29.8 Å². The summed E-state index contributed by atoms with van der Waals surface area (Å²) in [5, 5.41) is 9.76. The zero-order valence-electron chi connectivity index (χ0n) is 12.4. The number of thioether (sulfide) groups is 1. The number of terminal acetylenes is 1. The van der Waals surface area contributed by atoms with Gasteiger partial charge in [-0.25, -0.2) is 14.6 Å². The Hall–Kier alpha value is -3.12. The Kier molecular flexibility index (Phi) is 4.58. The minimum atomic E-state index is -0.288. The first-order valence-electron chi connectivity index (χ1n) is 6.91. The minimum absolute atomic E-state index is 0.0700. The molecule has 0 aliphatic rings. The summed E-state index contributed by atoms with van der Waals surface area (Å²) >= 11 is 1.12. The highest BCUT2D eigenvalue weighted by Crippen LogP contribution is 2.19. The van der Waals surface area contributed by atoms with E-state index in [9.17, 15) is 9.59 Å². The van der Waals surface area contributed by atoms with Gasteiger partial charge in [0.25, 0.3) is 5.56 Å². The fourth-order valence-electron chi connectivity index (χ4n) is 2.03. The number of aromatic amines is 1. The van der Waals surface area contributed by atoms with Crippen LogP contribution in [-0.2, 0) is 4.79 Å². The van der Waals surface area contributed by atoms with Gasteiger partial charge in [-0.3, -0.25) is 9.59 Å². The van der Waals surface area contributed by atoms with Gasteiger partial charge in [0.1, 0.15) is 6.33 Å². The highest BCUT2D eigenvalue weighted by atomic mass is 32.2. The van der Waals surface area contributed by atoms with Gasteiger partial charge in [-0.05, 0) is 12.1 Å². The van der Waals surface area contributed by atoms with Gasteiger partial charge < -0.3 is 5.32 Å². The molecule has 1 amide bonds. The maximum atomic E-state index is 12.8. The molecule has 9 heteroatoms. The predicted octanol–water partition coefficient (Wildman–Crippen LogP) is 0.345. The van der Waals surface area contributed by atoms with E-state index in [1.807, 2.05) is 0 Å². The van der Waals surface area contributed by atoms with Crippen LogP contribution >= 0.6 is 11.8 Å². The van der Waals surface area contributed by atoms with Crippen LogP contribution in [0.3, 0.4) is 0 Å². The lowest BCUT2D eigenvalue weighted by Crippen LogP contribution is -2.27. The Labute approximate surface area is 140 Å². The van der Waals surface area contributed by atoms with Crippen molar-refractivity contribution in [3.8, 4) is 18.3 Å². The average Bonchev–Trinajstić information content (AvgIpc) is 3.12. The topological polar surface area (TPSA) is 106 Å². The number of nitrogens with zero attached hydrogens (tertiary/aromatic N) is 4. The number of H-pyrrole nitrogens is 1. The molecule has 2 aromatic heterocycles. The Morgan fingerprint density at radius 3 is 3.00 bits per heavy atom. The van der Waals surface area contributed by atoms with E-state index in [0.29, 0.717) is 16.1 Å². The standard InChI is InChI=1S/C15H12N6O2S/c1-2-7-16-12(22)8-24-15-19-11-6-4-3-5-10(11)13(23)21(15)14-17-9-18-20-14/h1,3-6,9H,7-8H2,(H,16,22)(H,17,18,20). The monoisotopic (exact) mass is 340 g/mol. The van der Waals surface area contributed by atoms with Gasteiger partial charge >= 0.3 is 0 Å². The third-order valence-electron chi connectivity index (χ3n) is 3.08. The third kappa shape index (κ3) is 3.13. The summed E-state index contributed by atoms with van der Waals surface area (Å²) in [6.07, 6.45) is 6.40. The van der Waals surface area contributed by atoms with Crippen molar-refractivity contribution in [3.63, 3.8) is 0 Å². The molecule has 3 aromatic rings. The van der Waals surface area contributed by atoms with E-state index in [4.69, 9.17) is 6.42 Å². The molecule has 2 N–H and O–H groups in total. The molecule has 3 rings (SSSR count). The first-order valence-corrected chi connectivity index (χ1v) is 7.89. The zero-order valence-corrected chi connectivity index (χ0v) is 13.2. The highest BCUT2D eigenvalue weighted by molar-refractivity contribution is 7.99. The van der Waals surface area contributed by atoms with Gasteiger partial charge in [0.2, 0.25) is 11.9 Å². The van der Waals surface area contributed by atoms with Crippen molar-refractivity contribution in [2.24, 2.45) is 0 Å². The number of hydrogen-bond acceptors (Lipinski definition) is 6. The van der Waals surface area contributed by atoms with Crippen LogP contribution in [0.25, 0.3) is 16.9 Å². The van der Waals surface area contributed by atoms with E-state index >= 15 is 0 Å². The number of para-hydroxylation sites is 1. The molecule has 0 atom stereocenters. The molecule has 1 aromatic carbocycles. The van der Waals surface area contributed by atoms with Crippen LogP contribution in [-0.4, -0.2) is 42.9 Å². The number of hydrogen-bond donors (Lipinski definition) is 2. The van der Waals surface area contributed by atoms with Crippen molar-refractivity contribution >= 4 is 28.6 Å². The number of aromatic nitrogens is 5. The van der Waals surface area contributed by atoms with E-state index in [1.54, 1.807) is 24.3 Å². The molecule has 24 heavy (non-hydrogen) atoms. The number of carbonyl (C=O) groups excluding carboxylic acids is 1. The predicted molar refractivity (Wildman–Crippen MR) is 89.8 cm³/mol. The normalized spacial score (nSPS) is 10.5. The van der Waals surface area contributed by atoms with Crippen LogP contribution in [0.5, 0.6) is 0 Å². The van der Waals surface area contributed by atoms with Gasteiger partial charge in [0.15, 0.2) is 5.16 Å². The fraction of sp³-hybridized carbons (Fsp3) is 0.133. The summed E-state index contributed by atoms with van der Waals surface area (Å²) in [5.41, 5.74) is 0.258. The van der Waals surface area contributed by atoms with E-state index in [1.165, 1.54) is 10.9 Å². The van der Waals surface area contributed by atoms with Crippen LogP contribution in [0.1, 0.15) is 0 Å². The lowest BCUT2D eigenvalue weighted by atomic mass is 10.2. The third-order valence-corrected chi connectivity index (χ3v) is 4.02. The van der Waals surface area contributed by atoms with Crippen molar-refractivity contribution in [3.05, 3.63) is 40.9 Å². The SMILES string of the molecule is C#CCNC(=O)CSc1nc2ccccc2c(=O)n1-c1ncn[nH]1. The molecule has 0 aliphatic carbocycles. The largest absolute Gasteiger partial charge is 0.344 e. The van der Waals surface area contributed by atoms with Gasteiger partial charge in [0.05, 0.1) is 23.2 Å². The zero-order chi connectivity index (χ0) is 16.9. The van der Waals surface area contributed by atoms with Crippen molar-refractivity contribution in [2.75, 3.05) is 12.3 Å². The Morgan fingerprint density at radius 1 is 1.42 bits per heavy atom. The summed E-state index contributed by atoms with van der Waals surface area (Å²) in [7, 11) is 0. The number of carbonyl (C=O) groups is 1. The van der Waals surface area contributed by atoms with Crippen LogP contribution in [0.15, 0.2) is 40.5 Å². The lowest BCUT2D eigenvalue weighted by Gasteiger charge is -2.10. The van der Waals surface area contributed by atoms with Crippen LogP contribution in [0.2, 0.25) is 0 Å². The Morgan fingerprint density at radius 2 is 2.25 bits per heavy atom. The Bertz CT molecular complexity index is 974. The van der Waals surface area contributed by atoms with Crippen molar-refractivity contribution in [2.45, 2.75) is 5.16 Å². The van der Waals surface area contributed by atoms with Gasteiger partial charge in [-0.2, -0.15) is 10.1 Å². The first kappa shape index (κ1) is 15.8. The van der Waals surface area contributed by atoms with Crippen molar-refractivity contribution < 1.29 is 4.79 Å². The number of amides is 1. The van der Waals surface area contributed by atoms with E-state index in [0.717, 1.165) is 11.8 Å². The molecule has 0 unspecified atom stereocenters. The maximum absolute atomic E-state index is 12.8. The van der Waals surface area contributed by atoms with E-state index in [2.05, 4.69) is 31.4 Å². The summed E-state index contributed by atoms with van der Waals surface area (Å²) in [4.78, 5) is 33.0. The van der Waals surface area contributed by atoms with Crippen LogP contribution in [0.4, 0.5) is 0 Å². The van der Waals surface area contributed by atoms with E-state index in [-0.39, 0.29) is 29.7 Å². The first-order chi connectivity index (χ1) is 11.7. The van der Waals surface area contributed by atoms with Crippen LogP contribution < -0.4 is 10.9 Å². The van der Waals surface area contributed by atoms with Gasteiger partial charge in [0, 0.05) is 0 Å². The molecular weight excluding hydrogens is 328 g/mol. The second-order valence-corrected chi connectivity index (χ2v) is 5.57. The molecule has 0 bridgehead atoms. The Balaban J connectivity index is 2.02. The number of benzene rings is 1. The molecule has 0 aliphatic heterocycles. The molecule has 0 radical (unpaired) electrons. The molecule has 120 valence electrons. The molecule has 8 nitrogen and oxygen atoms in total. The summed E-state index contributed by atoms with van der Waals surface area (Å²) in [5.74, 6) is 2.39. The molecule has 2 heterocycles. The lowest BCUT2D eigenvalue weighted by molar-refractivity contribution is -0.118. The summed E-state index contributed by atoms with van der Waals surface area (Å²) in [6.45, 7) is 0.152. The quantitative estimate of drug-likeness (QED) is 0.394. The minimum Gasteiger partial charge on any atom is -0.344 e. The highest BCUT2D eigenvalue weighted by Gasteiger charge is 2.16. The molecular formula is C15H12N6O2S. The summed E-state index contributed by atoms with van der Waals surface area (Å²) in [6, 6.07) is 6.98. The van der Waals surface area contributed by atoms with Crippen LogP contribution in [0, 0.1) is 12.3 Å².